The molecule has 0 unspecified atom stereocenters. The third kappa shape index (κ3) is 4.48. The minimum absolute atomic E-state index is 0.0823. The molecular weight excluding hydrogens is 463 g/mol. The number of carbonyl (C=O) groups is 1. The van der Waals surface area contributed by atoms with Crippen molar-refractivity contribution < 1.29 is 27.6 Å². The van der Waals surface area contributed by atoms with Gasteiger partial charge in [0, 0.05) is 6.07 Å². The summed E-state index contributed by atoms with van der Waals surface area (Å²) in [4.78, 5) is 28.1. The molecule has 0 spiro atoms. The number of fused-ring (bicyclic) bond motifs is 1. The third-order valence-electron chi connectivity index (χ3n) is 4.45. The molecule has 0 bridgehead atoms. The van der Waals surface area contributed by atoms with Gasteiger partial charge in [-0.15, -0.1) is 11.3 Å². The van der Waals surface area contributed by atoms with Crippen molar-refractivity contribution in [1.29, 1.82) is 0 Å². The smallest absolute Gasteiger partial charge is 0.433 e. The van der Waals surface area contributed by atoms with Crippen LogP contribution in [0.1, 0.15) is 23.1 Å². The van der Waals surface area contributed by atoms with E-state index in [2.05, 4.69) is 15.4 Å². The number of halogens is 3. The molecule has 3 aromatic heterocycles. The molecule has 0 aliphatic rings. The number of hydrogen-bond donors (Lipinski definition) is 1. The van der Waals surface area contributed by atoms with Gasteiger partial charge < -0.3 is 10.1 Å². The molecule has 13 heteroatoms. The summed E-state index contributed by atoms with van der Waals surface area (Å²) in [6.45, 7) is 1.99. The van der Waals surface area contributed by atoms with Gasteiger partial charge in [-0.1, -0.05) is 6.07 Å². The van der Waals surface area contributed by atoms with Crippen LogP contribution < -0.4 is 10.1 Å². The van der Waals surface area contributed by atoms with Crippen molar-refractivity contribution in [2.45, 2.75) is 13.1 Å². The van der Waals surface area contributed by atoms with E-state index in [0.29, 0.717) is 9.39 Å². The van der Waals surface area contributed by atoms with E-state index >= 15 is 0 Å². The summed E-state index contributed by atoms with van der Waals surface area (Å²) in [6, 6.07) is 9.07. The highest BCUT2D eigenvalue weighted by atomic mass is 32.1. The second-order valence-corrected chi connectivity index (χ2v) is 7.57. The highest BCUT2D eigenvalue weighted by molar-refractivity contribution is 7.13. The van der Waals surface area contributed by atoms with E-state index in [4.69, 9.17) is 4.74 Å². The molecule has 1 amide bonds. The summed E-state index contributed by atoms with van der Waals surface area (Å²) in [7, 11) is 0. The van der Waals surface area contributed by atoms with Gasteiger partial charge in [0.1, 0.15) is 11.4 Å². The van der Waals surface area contributed by atoms with Crippen molar-refractivity contribution in [3.05, 3.63) is 69.3 Å². The highest BCUT2D eigenvalue weighted by Crippen LogP contribution is 2.34. The number of nitrogens with zero attached hydrogens (tertiary/aromatic N) is 4. The van der Waals surface area contributed by atoms with Crippen molar-refractivity contribution in [2.24, 2.45) is 0 Å². The molecule has 9 nitrogen and oxygen atoms in total. The van der Waals surface area contributed by atoms with Gasteiger partial charge in [0.25, 0.3) is 11.6 Å². The standard InChI is InChI=1S/C20H14F3N5O4S/c1-2-32-11-5-6-12(15(8-11)28(30)31)25-19(29)14-10-18-24-13(16-4-3-7-33-16)9-17(20(21,22)23)27(18)26-14/h3-10H,2H2,1H3,(H,25,29). The minimum atomic E-state index is -4.76. The Bertz CT molecular complexity index is 1350. The topological polar surface area (TPSA) is 112 Å². The Morgan fingerprint density at radius 3 is 2.70 bits per heavy atom. The molecule has 33 heavy (non-hydrogen) atoms. The van der Waals surface area contributed by atoms with E-state index in [1.54, 1.807) is 24.4 Å². The fraction of sp³-hybridized carbons (Fsp3) is 0.150. The first-order valence-electron chi connectivity index (χ1n) is 9.42. The van der Waals surface area contributed by atoms with Crippen molar-refractivity contribution in [3.63, 3.8) is 0 Å². The lowest BCUT2D eigenvalue weighted by molar-refractivity contribution is -0.384. The number of rotatable bonds is 6. The molecule has 4 aromatic rings. The first kappa shape index (κ1) is 22.2. The fourth-order valence-electron chi connectivity index (χ4n) is 3.05. The number of nitrogens with one attached hydrogen (secondary N) is 1. The van der Waals surface area contributed by atoms with Crippen LogP contribution in [-0.2, 0) is 6.18 Å². The van der Waals surface area contributed by atoms with E-state index < -0.39 is 28.4 Å². The molecule has 0 aliphatic carbocycles. The largest absolute Gasteiger partial charge is 0.494 e. The molecule has 0 aliphatic heterocycles. The van der Waals surface area contributed by atoms with E-state index in [-0.39, 0.29) is 35.1 Å². The zero-order valence-electron chi connectivity index (χ0n) is 16.8. The number of hydrogen-bond acceptors (Lipinski definition) is 7. The zero-order chi connectivity index (χ0) is 23.8. The summed E-state index contributed by atoms with van der Waals surface area (Å²) in [5, 5.41) is 19.2. The average Bonchev–Trinajstić information content (AvgIpc) is 3.43. The number of carbonyl (C=O) groups excluding carboxylic acids is 1. The van der Waals surface area contributed by atoms with Crippen LogP contribution in [-0.4, -0.2) is 32.0 Å². The fourth-order valence-corrected chi connectivity index (χ4v) is 3.74. The van der Waals surface area contributed by atoms with E-state index in [1.807, 2.05) is 0 Å². The average molecular weight is 477 g/mol. The van der Waals surface area contributed by atoms with Crippen LogP contribution in [0.25, 0.3) is 16.2 Å². The lowest BCUT2D eigenvalue weighted by Crippen LogP contribution is -2.16. The number of nitro benzene ring substituents is 1. The van der Waals surface area contributed by atoms with Gasteiger partial charge in [-0.25, -0.2) is 9.50 Å². The minimum Gasteiger partial charge on any atom is -0.494 e. The molecule has 1 N–H and O–H groups in total. The molecule has 0 saturated heterocycles. The molecule has 0 fully saturated rings. The molecule has 4 rings (SSSR count). The van der Waals surface area contributed by atoms with E-state index in [9.17, 15) is 28.1 Å². The van der Waals surface area contributed by atoms with Gasteiger partial charge in [-0.2, -0.15) is 18.3 Å². The number of anilines is 1. The summed E-state index contributed by atoms with van der Waals surface area (Å²) in [5.41, 5.74) is -2.21. The first-order valence-corrected chi connectivity index (χ1v) is 10.3. The predicted molar refractivity (Wildman–Crippen MR) is 114 cm³/mol. The van der Waals surface area contributed by atoms with Crippen LogP contribution in [0.2, 0.25) is 0 Å². The maximum atomic E-state index is 13.7. The van der Waals surface area contributed by atoms with Crippen LogP contribution in [0.3, 0.4) is 0 Å². The van der Waals surface area contributed by atoms with Gasteiger partial charge in [-0.3, -0.25) is 14.9 Å². The second kappa shape index (κ2) is 8.50. The highest BCUT2D eigenvalue weighted by Gasteiger charge is 2.36. The predicted octanol–water partition coefficient (Wildman–Crippen LogP) is 5.04. The van der Waals surface area contributed by atoms with Crippen molar-refractivity contribution in [2.75, 3.05) is 11.9 Å². The number of thiophene rings is 1. The quantitative estimate of drug-likeness (QED) is 0.308. The normalized spacial score (nSPS) is 11.5. The Balaban J connectivity index is 1.73. The van der Waals surface area contributed by atoms with Gasteiger partial charge >= 0.3 is 6.18 Å². The van der Waals surface area contributed by atoms with Crippen LogP contribution in [0.4, 0.5) is 24.5 Å². The lowest BCUT2D eigenvalue weighted by Gasteiger charge is -2.10. The lowest BCUT2D eigenvalue weighted by atomic mass is 10.2. The number of aromatic nitrogens is 3. The van der Waals surface area contributed by atoms with Gasteiger partial charge in [0.2, 0.25) is 0 Å². The Labute approximate surface area is 187 Å². The summed E-state index contributed by atoms with van der Waals surface area (Å²) >= 11 is 1.21. The summed E-state index contributed by atoms with van der Waals surface area (Å²) in [5.74, 6) is -0.700. The molecular formula is C20H14F3N5O4S. The summed E-state index contributed by atoms with van der Waals surface area (Å²) in [6.07, 6.45) is -4.76. The van der Waals surface area contributed by atoms with Crippen LogP contribution in [0, 0.1) is 10.1 Å². The van der Waals surface area contributed by atoms with Gasteiger partial charge in [0.15, 0.2) is 17.0 Å². The zero-order valence-corrected chi connectivity index (χ0v) is 17.6. The Hall–Kier alpha value is -4.00. The molecule has 0 radical (unpaired) electrons. The third-order valence-corrected chi connectivity index (χ3v) is 5.34. The first-order chi connectivity index (χ1) is 15.7. The second-order valence-electron chi connectivity index (χ2n) is 6.62. The summed E-state index contributed by atoms with van der Waals surface area (Å²) < 4.78 is 46.7. The monoisotopic (exact) mass is 477 g/mol. The van der Waals surface area contributed by atoms with Gasteiger partial charge in [0.05, 0.1) is 28.2 Å². The molecule has 0 atom stereocenters. The SMILES string of the molecule is CCOc1ccc(NC(=O)c2cc3nc(-c4cccs4)cc(C(F)(F)F)n3n2)c([N+](=O)[O-])c1. The Morgan fingerprint density at radius 2 is 2.06 bits per heavy atom. The number of ether oxygens (including phenoxy) is 1. The maximum Gasteiger partial charge on any atom is 0.433 e. The number of alkyl halides is 3. The number of nitro groups is 1. The molecule has 3 heterocycles. The van der Waals surface area contributed by atoms with Crippen LogP contribution in [0.15, 0.2) is 47.8 Å². The van der Waals surface area contributed by atoms with Crippen molar-refractivity contribution >= 4 is 34.3 Å². The maximum absolute atomic E-state index is 13.7. The molecule has 170 valence electrons. The Morgan fingerprint density at radius 1 is 1.27 bits per heavy atom. The van der Waals surface area contributed by atoms with E-state index in [1.165, 1.54) is 23.5 Å². The van der Waals surface area contributed by atoms with Gasteiger partial charge in [-0.05, 0) is 36.6 Å². The number of amides is 1. The molecule has 1 aromatic carbocycles. The van der Waals surface area contributed by atoms with Crippen molar-refractivity contribution in [3.8, 4) is 16.3 Å². The van der Waals surface area contributed by atoms with E-state index in [0.717, 1.165) is 18.2 Å². The van der Waals surface area contributed by atoms with Crippen LogP contribution >= 0.6 is 11.3 Å². The number of benzene rings is 1. The van der Waals surface area contributed by atoms with Crippen molar-refractivity contribution in [1.82, 2.24) is 14.6 Å². The Kier molecular flexibility index (Phi) is 5.72. The molecule has 0 saturated carbocycles. The van der Waals surface area contributed by atoms with Crippen LogP contribution in [0.5, 0.6) is 5.75 Å².